The Kier molecular flexibility index (Phi) is 3.46. The molecule has 3 N–H and O–H groups in total. The highest BCUT2D eigenvalue weighted by molar-refractivity contribution is 5.90. The van der Waals surface area contributed by atoms with Crippen LogP contribution in [0.2, 0.25) is 0 Å². The first-order chi connectivity index (χ1) is 6.63. The van der Waals surface area contributed by atoms with Crippen molar-refractivity contribution >= 4 is 11.7 Å². The molecule has 14 heavy (non-hydrogen) atoms. The van der Waals surface area contributed by atoms with E-state index in [1.54, 1.807) is 6.92 Å². The lowest BCUT2D eigenvalue weighted by atomic mass is 10.2. The molecule has 0 spiro atoms. The largest absolute Gasteiger partial charge is 0.387 e. The minimum absolute atomic E-state index is 0.121. The molecule has 1 aliphatic heterocycles. The van der Waals surface area contributed by atoms with Gasteiger partial charge < -0.3 is 11.1 Å². The molecule has 1 heterocycles. The highest BCUT2D eigenvalue weighted by Crippen LogP contribution is 2.11. The van der Waals surface area contributed by atoms with Gasteiger partial charge in [-0.1, -0.05) is 0 Å². The SMILES string of the molecule is CC(CC#N)NC(=O)C1CCC(N)=N1. The molecule has 1 rings (SSSR count). The van der Waals surface area contributed by atoms with Gasteiger partial charge >= 0.3 is 0 Å². The molecule has 5 heteroatoms. The van der Waals surface area contributed by atoms with E-state index in [1.165, 1.54) is 0 Å². The minimum atomic E-state index is -0.351. The highest BCUT2D eigenvalue weighted by Gasteiger charge is 2.23. The first-order valence-electron chi connectivity index (χ1n) is 4.63. The summed E-state index contributed by atoms with van der Waals surface area (Å²) >= 11 is 0. The van der Waals surface area contributed by atoms with Crippen LogP contribution in [0.4, 0.5) is 0 Å². The molecule has 2 unspecified atom stereocenters. The highest BCUT2D eigenvalue weighted by atomic mass is 16.2. The van der Waals surface area contributed by atoms with Crippen LogP contribution in [-0.2, 0) is 4.79 Å². The fraction of sp³-hybridized carbons (Fsp3) is 0.667. The first-order valence-corrected chi connectivity index (χ1v) is 4.63. The van der Waals surface area contributed by atoms with Gasteiger partial charge in [0.1, 0.15) is 6.04 Å². The molecular weight excluding hydrogens is 180 g/mol. The number of hydrogen-bond acceptors (Lipinski definition) is 4. The number of nitrogens with one attached hydrogen (secondary N) is 1. The van der Waals surface area contributed by atoms with E-state index in [2.05, 4.69) is 10.3 Å². The van der Waals surface area contributed by atoms with Gasteiger partial charge in [-0.15, -0.1) is 0 Å². The maximum absolute atomic E-state index is 11.5. The Labute approximate surface area is 83.0 Å². The number of nitrogens with two attached hydrogens (primary N) is 1. The summed E-state index contributed by atoms with van der Waals surface area (Å²) in [6.45, 7) is 1.79. The third-order valence-electron chi connectivity index (χ3n) is 2.08. The van der Waals surface area contributed by atoms with E-state index in [4.69, 9.17) is 11.0 Å². The molecule has 0 aromatic heterocycles. The van der Waals surface area contributed by atoms with Gasteiger partial charge in [0.2, 0.25) is 5.91 Å². The van der Waals surface area contributed by atoms with Crippen molar-refractivity contribution in [2.24, 2.45) is 10.7 Å². The van der Waals surface area contributed by atoms with Crippen molar-refractivity contribution in [3.8, 4) is 6.07 Å². The molecule has 1 aliphatic rings. The van der Waals surface area contributed by atoms with Gasteiger partial charge in [-0.3, -0.25) is 9.79 Å². The Morgan fingerprint density at radius 3 is 3.14 bits per heavy atom. The molecule has 0 aliphatic carbocycles. The molecule has 76 valence electrons. The molecular formula is C9H14N4O. The molecule has 0 aromatic carbocycles. The Morgan fingerprint density at radius 2 is 2.64 bits per heavy atom. The van der Waals surface area contributed by atoms with Crippen molar-refractivity contribution in [3.05, 3.63) is 0 Å². The molecule has 0 saturated heterocycles. The van der Waals surface area contributed by atoms with Gasteiger partial charge in [0.05, 0.1) is 18.3 Å². The van der Waals surface area contributed by atoms with E-state index in [9.17, 15) is 4.79 Å². The summed E-state index contributed by atoms with van der Waals surface area (Å²) in [4.78, 5) is 15.5. The Hall–Kier alpha value is -1.57. The number of amidine groups is 1. The summed E-state index contributed by atoms with van der Waals surface area (Å²) < 4.78 is 0. The van der Waals surface area contributed by atoms with E-state index in [0.29, 0.717) is 25.1 Å². The fourth-order valence-corrected chi connectivity index (χ4v) is 1.33. The smallest absolute Gasteiger partial charge is 0.245 e. The second-order valence-corrected chi connectivity index (χ2v) is 3.45. The predicted molar refractivity (Wildman–Crippen MR) is 52.5 cm³/mol. The zero-order valence-electron chi connectivity index (χ0n) is 8.16. The van der Waals surface area contributed by atoms with Crippen LogP contribution in [0.25, 0.3) is 0 Å². The molecule has 0 bridgehead atoms. The first kappa shape index (κ1) is 10.5. The van der Waals surface area contributed by atoms with Gasteiger partial charge in [-0.2, -0.15) is 5.26 Å². The van der Waals surface area contributed by atoms with Crippen LogP contribution in [0.15, 0.2) is 4.99 Å². The molecule has 5 nitrogen and oxygen atoms in total. The number of rotatable bonds is 3. The van der Waals surface area contributed by atoms with Crippen molar-refractivity contribution in [2.75, 3.05) is 0 Å². The Morgan fingerprint density at radius 1 is 1.93 bits per heavy atom. The van der Waals surface area contributed by atoms with E-state index < -0.39 is 0 Å². The lowest BCUT2D eigenvalue weighted by Gasteiger charge is -2.12. The number of carbonyl (C=O) groups is 1. The van der Waals surface area contributed by atoms with E-state index in [0.717, 1.165) is 0 Å². The van der Waals surface area contributed by atoms with Gasteiger partial charge in [0.15, 0.2) is 0 Å². The van der Waals surface area contributed by atoms with Crippen LogP contribution < -0.4 is 11.1 Å². The third kappa shape index (κ3) is 2.73. The number of nitriles is 1. The maximum atomic E-state index is 11.5. The molecule has 0 fully saturated rings. The van der Waals surface area contributed by atoms with E-state index >= 15 is 0 Å². The molecule has 0 saturated carbocycles. The number of carbonyl (C=O) groups excluding carboxylic acids is 1. The van der Waals surface area contributed by atoms with Gasteiger partial charge in [-0.05, 0) is 13.3 Å². The lowest BCUT2D eigenvalue weighted by molar-refractivity contribution is -0.122. The average Bonchev–Trinajstić information content (AvgIpc) is 2.52. The summed E-state index contributed by atoms with van der Waals surface area (Å²) in [5.41, 5.74) is 5.47. The summed E-state index contributed by atoms with van der Waals surface area (Å²) in [5.74, 6) is 0.409. The van der Waals surface area contributed by atoms with Crippen molar-refractivity contribution in [3.63, 3.8) is 0 Å². The van der Waals surface area contributed by atoms with Crippen molar-refractivity contribution < 1.29 is 4.79 Å². The van der Waals surface area contributed by atoms with Crippen molar-refractivity contribution in [2.45, 2.75) is 38.3 Å². The topological polar surface area (TPSA) is 91.3 Å². The van der Waals surface area contributed by atoms with Crippen LogP contribution in [0.1, 0.15) is 26.2 Å². The summed E-state index contributed by atoms with van der Waals surface area (Å²) in [6.07, 6.45) is 1.68. The number of hydrogen-bond donors (Lipinski definition) is 2. The summed E-state index contributed by atoms with van der Waals surface area (Å²) in [6, 6.07) is 1.53. The third-order valence-corrected chi connectivity index (χ3v) is 2.08. The van der Waals surface area contributed by atoms with Gasteiger partial charge in [0.25, 0.3) is 0 Å². The fourth-order valence-electron chi connectivity index (χ4n) is 1.33. The number of aliphatic imine (C=N–C) groups is 1. The monoisotopic (exact) mass is 194 g/mol. The molecule has 1 amide bonds. The maximum Gasteiger partial charge on any atom is 0.245 e. The summed E-state index contributed by atoms with van der Waals surface area (Å²) in [5, 5.41) is 11.1. The van der Waals surface area contributed by atoms with Crippen LogP contribution >= 0.6 is 0 Å². The molecule has 0 radical (unpaired) electrons. The molecule has 0 aromatic rings. The zero-order valence-corrected chi connectivity index (χ0v) is 8.16. The minimum Gasteiger partial charge on any atom is -0.387 e. The lowest BCUT2D eigenvalue weighted by Crippen LogP contribution is -2.38. The summed E-state index contributed by atoms with van der Waals surface area (Å²) in [7, 11) is 0. The standard InChI is InChI=1S/C9H14N4O/c1-6(4-5-10)12-9(14)7-2-3-8(11)13-7/h6-7H,2-4H2,1H3,(H2,11,13)(H,12,14). The van der Waals surface area contributed by atoms with Crippen molar-refractivity contribution in [1.82, 2.24) is 5.32 Å². The van der Waals surface area contributed by atoms with Crippen LogP contribution in [-0.4, -0.2) is 23.8 Å². The molecule has 2 atom stereocenters. The number of amides is 1. The normalized spacial score (nSPS) is 22.3. The quantitative estimate of drug-likeness (QED) is 0.658. The second kappa shape index (κ2) is 4.61. The van der Waals surface area contributed by atoms with Crippen LogP contribution in [0.5, 0.6) is 0 Å². The van der Waals surface area contributed by atoms with Crippen molar-refractivity contribution in [1.29, 1.82) is 5.26 Å². The van der Waals surface area contributed by atoms with Gasteiger partial charge in [0, 0.05) is 12.5 Å². The number of nitrogens with zero attached hydrogens (tertiary/aromatic N) is 2. The van der Waals surface area contributed by atoms with E-state index in [1.807, 2.05) is 6.07 Å². The second-order valence-electron chi connectivity index (χ2n) is 3.45. The Bertz CT molecular complexity index is 292. The zero-order chi connectivity index (χ0) is 10.6. The Balaban J connectivity index is 2.40. The van der Waals surface area contributed by atoms with Crippen LogP contribution in [0.3, 0.4) is 0 Å². The predicted octanol–water partition coefficient (Wildman–Crippen LogP) is -0.0756. The van der Waals surface area contributed by atoms with Crippen LogP contribution in [0, 0.1) is 11.3 Å². The average molecular weight is 194 g/mol. The van der Waals surface area contributed by atoms with Gasteiger partial charge in [-0.25, -0.2) is 0 Å². The van der Waals surface area contributed by atoms with E-state index in [-0.39, 0.29) is 18.0 Å².